The molecule has 4 fully saturated rings. The average Bonchev–Trinajstić information content (AvgIpc) is 3.54. The largest absolute Gasteiger partial charge is 0.378 e. The molecule has 0 bridgehead atoms. The first-order valence-electron chi connectivity index (χ1n) is 11.8. The van der Waals surface area contributed by atoms with Crippen molar-refractivity contribution in [3.8, 4) is 0 Å². The number of hydrogen-bond acceptors (Lipinski definition) is 9. The van der Waals surface area contributed by atoms with Gasteiger partial charge in [-0.15, -0.1) is 0 Å². The van der Waals surface area contributed by atoms with Crippen molar-refractivity contribution in [2.24, 2.45) is 0 Å². The lowest BCUT2D eigenvalue weighted by Crippen LogP contribution is -2.52. The van der Waals surface area contributed by atoms with E-state index >= 15 is 0 Å². The van der Waals surface area contributed by atoms with E-state index in [2.05, 4.69) is 19.6 Å². The van der Waals surface area contributed by atoms with Crippen LogP contribution in [0.4, 0.5) is 17.8 Å². The molecule has 4 aliphatic rings. The third kappa shape index (κ3) is 4.85. The molecule has 0 aromatic carbocycles. The molecule has 0 unspecified atom stereocenters. The van der Waals surface area contributed by atoms with Crippen molar-refractivity contribution in [3.05, 3.63) is 0 Å². The van der Waals surface area contributed by atoms with E-state index in [1.54, 1.807) is 0 Å². The van der Waals surface area contributed by atoms with Crippen molar-refractivity contribution < 1.29 is 9.53 Å². The predicted molar refractivity (Wildman–Crippen MR) is 119 cm³/mol. The molecule has 5 rings (SSSR count). The number of rotatable bonds is 5. The van der Waals surface area contributed by atoms with Crippen molar-refractivity contribution in [1.29, 1.82) is 0 Å². The number of amides is 1. The topological polar surface area (TPSA) is 81.2 Å². The number of nitrogens with zero attached hydrogens (tertiary/aromatic N) is 8. The van der Waals surface area contributed by atoms with E-state index in [9.17, 15) is 4.79 Å². The smallest absolute Gasteiger partial charge is 0.236 e. The molecule has 1 amide bonds. The lowest BCUT2D eigenvalue weighted by Gasteiger charge is -2.36. The van der Waals surface area contributed by atoms with Crippen molar-refractivity contribution in [2.45, 2.75) is 25.7 Å². The average molecular weight is 431 g/mol. The minimum absolute atomic E-state index is 0.213. The van der Waals surface area contributed by atoms with Crippen molar-refractivity contribution in [1.82, 2.24) is 24.8 Å². The van der Waals surface area contributed by atoms with Crippen LogP contribution in [0.15, 0.2) is 0 Å². The second kappa shape index (κ2) is 9.52. The minimum atomic E-state index is 0.213. The van der Waals surface area contributed by atoms with Gasteiger partial charge in [-0.05, 0) is 25.7 Å². The van der Waals surface area contributed by atoms with Gasteiger partial charge in [0.05, 0.1) is 19.8 Å². The van der Waals surface area contributed by atoms with Gasteiger partial charge in [0.1, 0.15) is 0 Å². The summed E-state index contributed by atoms with van der Waals surface area (Å²) in [5.74, 6) is 2.66. The van der Waals surface area contributed by atoms with Gasteiger partial charge in [-0.3, -0.25) is 9.69 Å². The zero-order chi connectivity index (χ0) is 21.0. The summed E-state index contributed by atoms with van der Waals surface area (Å²) < 4.78 is 5.36. The van der Waals surface area contributed by atoms with Crippen LogP contribution >= 0.6 is 0 Å². The van der Waals surface area contributed by atoms with Crippen LogP contribution in [0, 0.1) is 0 Å². The molecule has 4 saturated heterocycles. The highest BCUT2D eigenvalue weighted by Gasteiger charge is 2.27. The molecular formula is C21H34N8O2. The van der Waals surface area contributed by atoms with Crippen LogP contribution in [-0.2, 0) is 9.53 Å². The van der Waals surface area contributed by atoms with Gasteiger partial charge in [0, 0.05) is 65.4 Å². The SMILES string of the molecule is O=C(CN1CCN(c2nc(N3CCCC3)nc(N3CCCC3)n2)CC1)N1CCOCC1. The third-order valence-electron chi connectivity index (χ3n) is 6.76. The normalized spacial score (nSPS) is 23.1. The second-order valence-electron chi connectivity index (χ2n) is 8.88. The first kappa shape index (κ1) is 20.7. The summed E-state index contributed by atoms with van der Waals surface area (Å²) >= 11 is 0. The van der Waals surface area contributed by atoms with E-state index in [1.807, 2.05) is 4.90 Å². The molecule has 10 nitrogen and oxygen atoms in total. The summed E-state index contributed by atoms with van der Waals surface area (Å²) in [6, 6.07) is 0. The molecule has 10 heteroatoms. The Morgan fingerprint density at radius 1 is 0.645 bits per heavy atom. The molecular weight excluding hydrogens is 396 g/mol. The molecule has 0 saturated carbocycles. The van der Waals surface area contributed by atoms with Gasteiger partial charge < -0.3 is 24.3 Å². The molecule has 0 N–H and O–H groups in total. The van der Waals surface area contributed by atoms with Gasteiger partial charge in [-0.1, -0.05) is 0 Å². The summed E-state index contributed by atoms with van der Waals surface area (Å²) in [6.45, 7) is 10.7. The Morgan fingerprint density at radius 2 is 1.10 bits per heavy atom. The Balaban J connectivity index is 1.24. The first-order valence-corrected chi connectivity index (χ1v) is 11.8. The predicted octanol–water partition coefficient (Wildman–Crippen LogP) is 0.0528. The molecule has 5 heterocycles. The van der Waals surface area contributed by atoms with Gasteiger partial charge in [0.15, 0.2) is 0 Å². The molecule has 170 valence electrons. The number of carbonyl (C=O) groups is 1. The summed E-state index contributed by atoms with van der Waals surface area (Å²) in [5, 5.41) is 0. The molecule has 0 spiro atoms. The molecule has 0 radical (unpaired) electrons. The van der Waals surface area contributed by atoms with Gasteiger partial charge in [-0.2, -0.15) is 15.0 Å². The Morgan fingerprint density at radius 3 is 1.58 bits per heavy atom. The lowest BCUT2D eigenvalue weighted by atomic mass is 10.3. The minimum Gasteiger partial charge on any atom is -0.378 e. The van der Waals surface area contributed by atoms with Crippen LogP contribution in [0.1, 0.15) is 25.7 Å². The lowest BCUT2D eigenvalue weighted by molar-refractivity contribution is -0.136. The maximum Gasteiger partial charge on any atom is 0.236 e. The maximum atomic E-state index is 12.6. The van der Waals surface area contributed by atoms with E-state index in [-0.39, 0.29) is 5.91 Å². The zero-order valence-electron chi connectivity index (χ0n) is 18.4. The monoisotopic (exact) mass is 430 g/mol. The fraction of sp³-hybridized carbons (Fsp3) is 0.810. The summed E-state index contributed by atoms with van der Waals surface area (Å²) in [7, 11) is 0. The van der Waals surface area contributed by atoms with Crippen LogP contribution in [0.3, 0.4) is 0 Å². The number of carbonyl (C=O) groups excluding carboxylic acids is 1. The van der Waals surface area contributed by atoms with Crippen LogP contribution < -0.4 is 14.7 Å². The fourth-order valence-corrected chi connectivity index (χ4v) is 4.81. The molecule has 4 aliphatic heterocycles. The van der Waals surface area contributed by atoms with E-state index < -0.39 is 0 Å². The third-order valence-corrected chi connectivity index (χ3v) is 6.76. The van der Waals surface area contributed by atoms with E-state index in [0.717, 1.165) is 70.2 Å². The molecule has 0 atom stereocenters. The quantitative estimate of drug-likeness (QED) is 0.644. The highest BCUT2D eigenvalue weighted by molar-refractivity contribution is 5.78. The second-order valence-corrected chi connectivity index (χ2v) is 8.88. The molecule has 1 aromatic heterocycles. The maximum absolute atomic E-state index is 12.6. The summed E-state index contributed by atoms with van der Waals surface area (Å²) in [4.78, 5) is 38.2. The van der Waals surface area contributed by atoms with Crippen molar-refractivity contribution in [2.75, 3.05) is 99.9 Å². The van der Waals surface area contributed by atoms with Gasteiger partial charge in [0.2, 0.25) is 23.8 Å². The van der Waals surface area contributed by atoms with Crippen molar-refractivity contribution in [3.63, 3.8) is 0 Å². The number of piperazine rings is 1. The van der Waals surface area contributed by atoms with Gasteiger partial charge in [0.25, 0.3) is 0 Å². The standard InChI is InChI=1S/C21H34N8O2/c30-18(26-13-15-31-16-14-26)17-25-9-11-29(12-10-25)21-23-19(27-5-1-2-6-27)22-20(24-21)28-7-3-4-8-28/h1-17H2. The van der Waals surface area contributed by atoms with Gasteiger partial charge >= 0.3 is 0 Å². The molecule has 1 aromatic rings. The Bertz CT molecular complexity index is 717. The number of hydrogen-bond donors (Lipinski definition) is 0. The Kier molecular flexibility index (Phi) is 6.35. The number of ether oxygens (including phenoxy) is 1. The summed E-state index contributed by atoms with van der Waals surface area (Å²) in [5.41, 5.74) is 0. The van der Waals surface area contributed by atoms with E-state index in [0.29, 0.717) is 32.8 Å². The summed E-state index contributed by atoms with van der Waals surface area (Å²) in [6.07, 6.45) is 4.82. The zero-order valence-corrected chi connectivity index (χ0v) is 18.4. The van der Waals surface area contributed by atoms with Crippen LogP contribution in [0.25, 0.3) is 0 Å². The number of aromatic nitrogens is 3. The van der Waals surface area contributed by atoms with E-state index in [4.69, 9.17) is 19.7 Å². The van der Waals surface area contributed by atoms with Crippen LogP contribution in [0.5, 0.6) is 0 Å². The van der Waals surface area contributed by atoms with Gasteiger partial charge in [-0.25, -0.2) is 0 Å². The Hall–Kier alpha value is -2.20. The van der Waals surface area contributed by atoms with Crippen LogP contribution in [-0.4, -0.2) is 116 Å². The number of anilines is 3. The molecule has 0 aliphatic carbocycles. The Labute approximate surface area is 184 Å². The molecule has 31 heavy (non-hydrogen) atoms. The highest BCUT2D eigenvalue weighted by Crippen LogP contribution is 2.24. The fourth-order valence-electron chi connectivity index (χ4n) is 4.81. The van der Waals surface area contributed by atoms with Crippen LogP contribution in [0.2, 0.25) is 0 Å². The highest BCUT2D eigenvalue weighted by atomic mass is 16.5. The first-order chi connectivity index (χ1) is 15.3. The van der Waals surface area contributed by atoms with Crippen molar-refractivity contribution >= 4 is 23.8 Å². The van der Waals surface area contributed by atoms with E-state index in [1.165, 1.54) is 25.7 Å². The number of morpholine rings is 1.